The molecule has 7 rings (SSSR count). The van der Waals surface area contributed by atoms with Crippen molar-refractivity contribution in [1.82, 2.24) is 14.9 Å². The van der Waals surface area contributed by atoms with Crippen LogP contribution in [-0.4, -0.2) is 82.9 Å². The Labute approximate surface area is 299 Å². The molecule has 50 heavy (non-hydrogen) atoms. The van der Waals surface area contributed by atoms with E-state index in [-0.39, 0.29) is 22.8 Å². The molecule has 4 atom stereocenters. The summed E-state index contributed by atoms with van der Waals surface area (Å²) in [5, 5.41) is 3.65. The van der Waals surface area contributed by atoms with E-state index in [4.69, 9.17) is 25.8 Å². The first-order valence-corrected chi connectivity index (χ1v) is 19.8. The van der Waals surface area contributed by atoms with Gasteiger partial charge in [0.25, 0.3) is 15.9 Å². The summed E-state index contributed by atoms with van der Waals surface area (Å²) >= 11 is 6.36. The van der Waals surface area contributed by atoms with Crippen LogP contribution in [0, 0.1) is 11.8 Å². The minimum absolute atomic E-state index is 0.0169. The number of benzene rings is 2. The van der Waals surface area contributed by atoms with Crippen LogP contribution in [0.2, 0.25) is 5.02 Å². The van der Waals surface area contributed by atoms with Gasteiger partial charge < -0.3 is 24.4 Å². The van der Waals surface area contributed by atoms with E-state index in [0.717, 1.165) is 56.1 Å². The number of likely N-dealkylation sites (N-methyl/N-ethyl adjacent to an activating group) is 1. The molecule has 0 unspecified atom stereocenters. The van der Waals surface area contributed by atoms with Crippen molar-refractivity contribution >= 4 is 39.3 Å². The number of carbonyl (C=O) groups is 2. The van der Waals surface area contributed by atoms with Crippen LogP contribution in [0.5, 0.6) is 5.75 Å². The molecule has 1 saturated heterocycles. The van der Waals surface area contributed by atoms with Crippen molar-refractivity contribution in [3.8, 4) is 5.75 Å². The Morgan fingerprint density at radius 3 is 2.68 bits per heavy atom. The second-order valence-corrected chi connectivity index (χ2v) is 16.6. The monoisotopic (exact) mass is 726 g/mol. The summed E-state index contributed by atoms with van der Waals surface area (Å²) in [7, 11) is -2.34. The first-order valence-electron chi connectivity index (χ1n) is 17.9. The molecule has 13 heteroatoms. The third-order valence-corrected chi connectivity index (χ3v) is 12.9. The molecule has 1 spiro atoms. The minimum atomic E-state index is -4.19. The number of sulfonamides is 1. The summed E-state index contributed by atoms with van der Waals surface area (Å²) in [6.45, 7) is 3.10. The summed E-state index contributed by atoms with van der Waals surface area (Å²) in [6, 6.07) is 10.6. The fraction of sp³-hybridized carbons (Fsp3) is 0.568. The van der Waals surface area contributed by atoms with Crippen molar-refractivity contribution < 1.29 is 32.2 Å². The average molecular weight is 727 g/mol. The number of aryl methyl sites for hydroxylation is 1. The summed E-state index contributed by atoms with van der Waals surface area (Å²) in [5.41, 5.74) is 1.89. The third kappa shape index (κ3) is 7.35. The van der Waals surface area contributed by atoms with Gasteiger partial charge in [0.1, 0.15) is 24.0 Å². The number of alkyl carbamates (subject to hydrolysis) is 1. The van der Waals surface area contributed by atoms with Gasteiger partial charge in [0.2, 0.25) is 0 Å². The van der Waals surface area contributed by atoms with Gasteiger partial charge in [-0.1, -0.05) is 23.7 Å². The molecule has 2 aromatic rings. The zero-order valence-corrected chi connectivity index (χ0v) is 30.1. The first kappa shape index (κ1) is 35.1. The predicted molar refractivity (Wildman–Crippen MR) is 190 cm³/mol. The van der Waals surface area contributed by atoms with Crippen LogP contribution >= 0.6 is 11.6 Å². The summed E-state index contributed by atoms with van der Waals surface area (Å²) in [4.78, 5) is 31.1. The molecule has 2 saturated carbocycles. The molecular formula is C37H47ClN4O7S. The van der Waals surface area contributed by atoms with Gasteiger partial charge in [-0.15, -0.1) is 0 Å². The van der Waals surface area contributed by atoms with Gasteiger partial charge >= 0.3 is 6.09 Å². The average Bonchev–Trinajstić information content (AvgIpc) is 3.54. The Morgan fingerprint density at radius 2 is 1.94 bits per heavy atom. The van der Waals surface area contributed by atoms with Gasteiger partial charge in [-0.25, -0.2) is 17.9 Å². The number of nitrogens with one attached hydrogen (secondary N) is 2. The van der Waals surface area contributed by atoms with E-state index in [0.29, 0.717) is 68.8 Å². The predicted octanol–water partition coefficient (Wildman–Crippen LogP) is 5.20. The van der Waals surface area contributed by atoms with Gasteiger partial charge in [-0.05, 0) is 118 Å². The molecule has 0 aromatic heterocycles. The maximum atomic E-state index is 13.9. The summed E-state index contributed by atoms with van der Waals surface area (Å²) < 4.78 is 48.2. The Kier molecular flexibility index (Phi) is 10.3. The second-order valence-electron chi connectivity index (χ2n) is 14.4. The quantitative estimate of drug-likeness (QED) is 0.402. The zero-order chi connectivity index (χ0) is 34.9. The fourth-order valence-corrected chi connectivity index (χ4v) is 9.22. The number of rotatable bonds is 2. The van der Waals surface area contributed by atoms with Crippen LogP contribution in [0.1, 0.15) is 62.5 Å². The topological polar surface area (TPSA) is 127 Å². The number of nitrogens with zero attached hydrogens (tertiary/aromatic N) is 2. The molecule has 2 aromatic carbocycles. The first-order chi connectivity index (χ1) is 24.1. The number of halogens is 1. The highest BCUT2D eigenvalue weighted by Gasteiger charge is 2.49. The molecule has 3 aliphatic heterocycles. The largest absolute Gasteiger partial charge is 0.487 e. The van der Waals surface area contributed by atoms with Crippen molar-refractivity contribution in [2.75, 3.05) is 44.8 Å². The van der Waals surface area contributed by atoms with Crippen LogP contribution in [0.3, 0.4) is 0 Å². The molecule has 2 aliphatic carbocycles. The molecule has 11 nitrogen and oxygen atoms in total. The van der Waals surface area contributed by atoms with E-state index in [1.807, 2.05) is 42.3 Å². The standard InChI is InChI=1S/C37H47ClN4O7S/c1-41-17-4-7-33(49-36(44)39-29-14-19-47-24-29)31-12-9-26(31)22-42-18-3-2-6-25-20-28(38)10-8-27(25)23-48-34-13-11-30(21-32(34)42)50(45,46)40-35(43)37(41)15-5-16-37/h4,7-8,10-11,13,20-21,26,29,31,33H,2-3,5-6,9,12,14-19,22-24H2,1H3,(H,39,44)(H,40,43)/b7-4+/t26-,29-,31+,33-/m0/s1. The minimum Gasteiger partial charge on any atom is -0.487 e. The second kappa shape index (κ2) is 14.7. The molecule has 3 heterocycles. The van der Waals surface area contributed by atoms with Crippen LogP contribution in [0.15, 0.2) is 53.4 Å². The molecule has 2 bridgehead atoms. The Bertz CT molecular complexity index is 1730. The summed E-state index contributed by atoms with van der Waals surface area (Å²) in [5.74, 6) is 0.287. The van der Waals surface area contributed by atoms with E-state index in [1.165, 1.54) is 6.07 Å². The molecule has 5 aliphatic rings. The smallest absolute Gasteiger partial charge is 0.408 e. The van der Waals surface area contributed by atoms with Gasteiger partial charge in [0.05, 0.1) is 23.2 Å². The maximum Gasteiger partial charge on any atom is 0.408 e. The molecule has 2 N–H and O–H groups in total. The van der Waals surface area contributed by atoms with Gasteiger partial charge in [0, 0.05) is 37.2 Å². The molecule has 3 fully saturated rings. The number of fused-ring (bicyclic) bond motifs is 3. The highest BCUT2D eigenvalue weighted by atomic mass is 35.5. The van der Waals surface area contributed by atoms with Crippen molar-refractivity contribution in [3.63, 3.8) is 0 Å². The molecule has 0 radical (unpaired) electrons. The van der Waals surface area contributed by atoms with Gasteiger partial charge in [-0.3, -0.25) is 9.69 Å². The van der Waals surface area contributed by atoms with Crippen molar-refractivity contribution in [2.24, 2.45) is 11.8 Å². The van der Waals surface area contributed by atoms with E-state index in [9.17, 15) is 18.0 Å². The van der Waals surface area contributed by atoms with E-state index >= 15 is 0 Å². The number of amides is 2. The van der Waals surface area contributed by atoms with Crippen molar-refractivity contribution in [2.45, 2.75) is 87.0 Å². The number of hydrogen-bond donors (Lipinski definition) is 2. The Balaban J connectivity index is 1.24. The lowest BCUT2D eigenvalue weighted by Crippen LogP contribution is -2.62. The fourth-order valence-electron chi connectivity index (χ4n) is 7.96. The van der Waals surface area contributed by atoms with Gasteiger partial charge in [-0.2, -0.15) is 0 Å². The Hall–Kier alpha value is -3.32. The van der Waals surface area contributed by atoms with Crippen molar-refractivity contribution in [3.05, 3.63) is 64.7 Å². The van der Waals surface area contributed by atoms with Gasteiger partial charge in [0.15, 0.2) is 0 Å². The molecular weight excluding hydrogens is 680 g/mol. The lowest BCUT2D eigenvalue weighted by atomic mass is 9.70. The van der Waals surface area contributed by atoms with Crippen LogP contribution in [-0.2, 0) is 37.3 Å². The van der Waals surface area contributed by atoms with E-state index in [1.54, 1.807) is 12.1 Å². The van der Waals surface area contributed by atoms with Crippen LogP contribution in [0.4, 0.5) is 10.5 Å². The number of hydrogen-bond acceptors (Lipinski definition) is 9. The van der Waals surface area contributed by atoms with Crippen LogP contribution < -0.4 is 19.7 Å². The normalized spacial score (nSPS) is 28.7. The lowest BCUT2D eigenvalue weighted by Gasteiger charge is -2.46. The highest BCUT2D eigenvalue weighted by Crippen LogP contribution is 2.43. The number of carbonyl (C=O) groups excluding carboxylic acids is 2. The van der Waals surface area contributed by atoms with Crippen molar-refractivity contribution in [1.29, 1.82) is 0 Å². The molecule has 2 amide bonds. The summed E-state index contributed by atoms with van der Waals surface area (Å²) in [6.07, 6.45) is 10.1. The van der Waals surface area contributed by atoms with E-state index in [2.05, 4.69) is 14.9 Å². The Morgan fingerprint density at radius 1 is 1.08 bits per heavy atom. The number of anilines is 1. The number of ether oxygens (including phenoxy) is 3. The highest BCUT2D eigenvalue weighted by molar-refractivity contribution is 7.90. The maximum absolute atomic E-state index is 13.9. The lowest BCUT2D eigenvalue weighted by molar-refractivity contribution is -0.136. The third-order valence-electron chi connectivity index (χ3n) is 11.4. The van der Waals surface area contributed by atoms with E-state index < -0.39 is 33.7 Å². The SMILES string of the molecule is CN1C/C=C/[C@H](OC(=O)N[C@H]2CCOC2)[C@@H]2CC[C@H]2CN2CCCCc3cc(Cl)ccc3COc3ccc(cc32)S(=O)(=O)NC(=O)C12CCC2. The zero-order valence-electron chi connectivity index (χ0n) is 28.6. The van der Waals surface area contributed by atoms with Crippen LogP contribution in [0.25, 0.3) is 0 Å². The molecule has 270 valence electrons.